The highest BCUT2D eigenvalue weighted by Crippen LogP contribution is 2.19. The lowest BCUT2D eigenvalue weighted by Crippen LogP contribution is -2.29. The molecule has 0 radical (unpaired) electrons. The van der Waals surface area contributed by atoms with Crippen LogP contribution in [0.3, 0.4) is 0 Å². The summed E-state index contributed by atoms with van der Waals surface area (Å²) in [5, 5.41) is 8.69. The Morgan fingerprint density at radius 1 is 0.957 bits per heavy atom. The average molecular weight is 315 g/mol. The number of piperidine rings is 1. The van der Waals surface area contributed by atoms with E-state index in [1.54, 1.807) is 0 Å². The van der Waals surface area contributed by atoms with Crippen LogP contribution in [0.1, 0.15) is 50.5 Å². The van der Waals surface area contributed by atoms with E-state index in [2.05, 4.69) is 41.0 Å². The predicted octanol–water partition coefficient (Wildman–Crippen LogP) is 3.60. The molecule has 0 aliphatic carbocycles. The minimum Gasteiger partial charge on any atom is -0.396 e. The van der Waals surface area contributed by atoms with Crippen molar-refractivity contribution in [2.75, 3.05) is 37.8 Å². The molecule has 0 saturated carbocycles. The van der Waals surface area contributed by atoms with E-state index in [4.69, 9.17) is 9.84 Å². The first kappa shape index (κ1) is 17.8. The number of hydrogen-bond acceptors (Lipinski definition) is 3. The van der Waals surface area contributed by atoms with Gasteiger partial charge in [0.05, 0.1) is 0 Å². The SMILES string of the molecule is OCCCCCCOCC#Cc1ccc(N2CCCCC2)cc1. The number of hydrogen-bond donors (Lipinski definition) is 1. The lowest BCUT2D eigenvalue weighted by molar-refractivity contribution is 0.161. The molecule has 0 atom stereocenters. The molecule has 1 saturated heterocycles. The highest BCUT2D eigenvalue weighted by molar-refractivity contribution is 5.50. The van der Waals surface area contributed by atoms with Crippen LogP contribution in [0, 0.1) is 11.8 Å². The van der Waals surface area contributed by atoms with Crippen molar-refractivity contribution in [1.82, 2.24) is 0 Å². The minimum absolute atomic E-state index is 0.295. The molecule has 0 aromatic heterocycles. The van der Waals surface area contributed by atoms with Crippen molar-refractivity contribution < 1.29 is 9.84 Å². The van der Waals surface area contributed by atoms with Crippen molar-refractivity contribution in [3.63, 3.8) is 0 Å². The number of aliphatic hydroxyl groups is 1. The zero-order valence-corrected chi connectivity index (χ0v) is 14.1. The quantitative estimate of drug-likeness (QED) is 0.588. The van der Waals surface area contributed by atoms with Gasteiger partial charge in [0.1, 0.15) is 6.61 Å². The summed E-state index contributed by atoms with van der Waals surface area (Å²) in [5.74, 6) is 6.24. The fraction of sp³-hybridized carbons (Fsp3) is 0.600. The average Bonchev–Trinajstić information content (AvgIpc) is 2.62. The maximum Gasteiger partial charge on any atom is 0.108 e. The van der Waals surface area contributed by atoms with E-state index in [1.165, 1.54) is 38.0 Å². The third-order valence-electron chi connectivity index (χ3n) is 4.19. The zero-order chi connectivity index (χ0) is 16.2. The van der Waals surface area contributed by atoms with E-state index in [-0.39, 0.29) is 0 Å². The lowest BCUT2D eigenvalue weighted by atomic mass is 10.1. The highest BCUT2D eigenvalue weighted by atomic mass is 16.5. The summed E-state index contributed by atoms with van der Waals surface area (Å²) in [5.41, 5.74) is 2.37. The monoisotopic (exact) mass is 315 g/mol. The van der Waals surface area contributed by atoms with Gasteiger partial charge >= 0.3 is 0 Å². The molecular weight excluding hydrogens is 286 g/mol. The number of ether oxygens (including phenoxy) is 1. The first-order chi connectivity index (χ1) is 11.4. The molecule has 23 heavy (non-hydrogen) atoms. The number of aliphatic hydroxyl groups excluding tert-OH is 1. The van der Waals surface area contributed by atoms with Crippen molar-refractivity contribution in [3.05, 3.63) is 29.8 Å². The number of anilines is 1. The van der Waals surface area contributed by atoms with E-state index in [1.807, 2.05) is 0 Å². The molecule has 0 amide bonds. The highest BCUT2D eigenvalue weighted by Gasteiger charge is 2.09. The van der Waals surface area contributed by atoms with E-state index in [0.29, 0.717) is 13.2 Å². The van der Waals surface area contributed by atoms with Crippen molar-refractivity contribution in [2.45, 2.75) is 44.9 Å². The third kappa shape index (κ3) is 7.07. The van der Waals surface area contributed by atoms with Gasteiger partial charge in [0, 0.05) is 37.6 Å². The van der Waals surface area contributed by atoms with E-state index < -0.39 is 0 Å². The van der Waals surface area contributed by atoms with Crippen molar-refractivity contribution in [1.29, 1.82) is 0 Å². The van der Waals surface area contributed by atoms with Crippen LogP contribution in [-0.2, 0) is 4.74 Å². The Kier molecular flexibility index (Phi) is 8.61. The fourth-order valence-corrected chi connectivity index (χ4v) is 2.84. The molecule has 3 heteroatoms. The molecule has 3 nitrogen and oxygen atoms in total. The molecule has 126 valence electrons. The van der Waals surface area contributed by atoms with Crippen LogP contribution in [0.5, 0.6) is 0 Å². The standard InChI is InChI=1S/C20H29NO2/c22-16-6-1-2-7-17-23-18-8-9-19-10-12-20(13-11-19)21-14-4-3-5-15-21/h10-13,22H,1-7,14-18H2. The minimum atomic E-state index is 0.295. The number of benzene rings is 1. The zero-order valence-electron chi connectivity index (χ0n) is 14.1. The molecule has 2 rings (SSSR count). The van der Waals surface area contributed by atoms with Crippen LogP contribution in [-0.4, -0.2) is 38.0 Å². The third-order valence-corrected chi connectivity index (χ3v) is 4.19. The van der Waals surface area contributed by atoms with Gasteiger partial charge in [-0.3, -0.25) is 0 Å². The second-order valence-corrected chi connectivity index (χ2v) is 6.09. The smallest absolute Gasteiger partial charge is 0.108 e. The summed E-state index contributed by atoms with van der Waals surface area (Å²) in [6.45, 7) is 3.90. The first-order valence-corrected chi connectivity index (χ1v) is 8.92. The van der Waals surface area contributed by atoms with Crippen LogP contribution in [0.25, 0.3) is 0 Å². The molecule has 1 aliphatic heterocycles. The topological polar surface area (TPSA) is 32.7 Å². The Hall–Kier alpha value is -1.50. The van der Waals surface area contributed by atoms with E-state index in [9.17, 15) is 0 Å². The molecule has 0 spiro atoms. The van der Waals surface area contributed by atoms with Crippen molar-refractivity contribution in [2.24, 2.45) is 0 Å². The van der Waals surface area contributed by atoms with Crippen LogP contribution in [0.15, 0.2) is 24.3 Å². The van der Waals surface area contributed by atoms with Gasteiger partial charge in [-0.1, -0.05) is 24.7 Å². The van der Waals surface area contributed by atoms with Gasteiger partial charge in [0.2, 0.25) is 0 Å². The van der Waals surface area contributed by atoms with Crippen LogP contribution in [0.4, 0.5) is 5.69 Å². The Morgan fingerprint density at radius 3 is 2.43 bits per heavy atom. The maximum atomic E-state index is 8.69. The predicted molar refractivity (Wildman–Crippen MR) is 95.8 cm³/mol. The normalized spacial score (nSPS) is 14.4. The van der Waals surface area contributed by atoms with Crippen molar-refractivity contribution in [3.8, 4) is 11.8 Å². The van der Waals surface area contributed by atoms with E-state index in [0.717, 1.165) is 37.9 Å². The summed E-state index contributed by atoms with van der Waals surface area (Å²) >= 11 is 0. The molecule has 0 bridgehead atoms. The summed E-state index contributed by atoms with van der Waals surface area (Å²) in [7, 11) is 0. The van der Waals surface area contributed by atoms with Gasteiger partial charge < -0.3 is 14.7 Å². The van der Waals surface area contributed by atoms with Gasteiger partial charge in [0.25, 0.3) is 0 Å². The largest absolute Gasteiger partial charge is 0.396 e. The summed E-state index contributed by atoms with van der Waals surface area (Å²) in [6.07, 6.45) is 8.11. The van der Waals surface area contributed by atoms with E-state index >= 15 is 0 Å². The molecule has 1 fully saturated rings. The molecule has 1 aromatic carbocycles. The molecule has 1 N–H and O–H groups in total. The molecule has 1 aliphatic rings. The molecular formula is C20H29NO2. The second kappa shape index (κ2) is 11.1. The lowest BCUT2D eigenvalue weighted by Gasteiger charge is -2.28. The van der Waals surface area contributed by atoms with Gasteiger partial charge in [0.15, 0.2) is 0 Å². The van der Waals surface area contributed by atoms with Gasteiger partial charge in [-0.15, -0.1) is 0 Å². The Bertz CT molecular complexity index is 481. The van der Waals surface area contributed by atoms with Crippen LogP contribution in [0.2, 0.25) is 0 Å². The first-order valence-electron chi connectivity index (χ1n) is 8.92. The number of nitrogens with zero attached hydrogens (tertiary/aromatic N) is 1. The number of unbranched alkanes of at least 4 members (excludes halogenated alkanes) is 3. The summed E-state index contributed by atoms with van der Waals surface area (Å²) in [4.78, 5) is 2.46. The summed E-state index contributed by atoms with van der Waals surface area (Å²) < 4.78 is 5.51. The Labute approximate surface area is 140 Å². The van der Waals surface area contributed by atoms with Gasteiger partial charge in [-0.05, 0) is 56.4 Å². The molecule has 1 heterocycles. The summed E-state index contributed by atoms with van der Waals surface area (Å²) in [6, 6.07) is 8.56. The van der Waals surface area contributed by atoms with Crippen LogP contribution >= 0.6 is 0 Å². The maximum absolute atomic E-state index is 8.69. The fourth-order valence-electron chi connectivity index (χ4n) is 2.84. The molecule has 1 aromatic rings. The number of rotatable bonds is 8. The van der Waals surface area contributed by atoms with Crippen molar-refractivity contribution >= 4 is 5.69 Å². The Balaban J connectivity index is 1.64. The van der Waals surface area contributed by atoms with Gasteiger partial charge in [-0.2, -0.15) is 0 Å². The Morgan fingerprint density at radius 2 is 1.70 bits per heavy atom. The van der Waals surface area contributed by atoms with Crippen LogP contribution < -0.4 is 4.90 Å². The second-order valence-electron chi connectivity index (χ2n) is 6.09. The molecule has 0 unspecified atom stereocenters. The van der Waals surface area contributed by atoms with Gasteiger partial charge in [-0.25, -0.2) is 0 Å².